The van der Waals surface area contributed by atoms with Gasteiger partial charge in [-0.15, -0.1) is 0 Å². The lowest BCUT2D eigenvalue weighted by Gasteiger charge is -2.35. The van der Waals surface area contributed by atoms with E-state index in [9.17, 15) is 4.79 Å². The molecule has 148 valence electrons. The highest BCUT2D eigenvalue weighted by molar-refractivity contribution is 5.65. The maximum absolute atomic E-state index is 11.3. The molecule has 6 heteroatoms. The average Bonchev–Trinajstić information content (AvgIpc) is 3.50. The Labute approximate surface area is 164 Å². The van der Waals surface area contributed by atoms with Gasteiger partial charge in [-0.2, -0.15) is 0 Å². The fourth-order valence-corrected chi connectivity index (χ4v) is 3.36. The van der Waals surface area contributed by atoms with Gasteiger partial charge in [0.05, 0.1) is 13.2 Å². The van der Waals surface area contributed by atoms with E-state index in [1.54, 1.807) is 0 Å². The van der Waals surface area contributed by atoms with Gasteiger partial charge in [0, 0.05) is 6.92 Å². The van der Waals surface area contributed by atoms with Gasteiger partial charge in [-0.05, 0) is 11.1 Å². The molecule has 4 rings (SSSR count). The zero-order valence-electron chi connectivity index (χ0n) is 15.7. The molecule has 0 unspecified atom stereocenters. The number of benzene rings is 2. The van der Waals surface area contributed by atoms with E-state index in [1.807, 2.05) is 60.7 Å². The molecule has 0 saturated carbocycles. The van der Waals surface area contributed by atoms with Crippen molar-refractivity contribution in [3.63, 3.8) is 0 Å². The van der Waals surface area contributed by atoms with Crippen molar-refractivity contribution < 1.29 is 28.5 Å². The normalized spacial score (nSPS) is 28.4. The van der Waals surface area contributed by atoms with Crippen LogP contribution in [-0.4, -0.2) is 43.3 Å². The van der Waals surface area contributed by atoms with Crippen LogP contribution in [0.15, 0.2) is 60.7 Å². The van der Waals surface area contributed by atoms with Crippen molar-refractivity contribution in [1.82, 2.24) is 0 Å². The molecule has 2 fully saturated rings. The number of hydrogen-bond acceptors (Lipinski definition) is 6. The third kappa shape index (κ3) is 4.77. The Morgan fingerprint density at radius 3 is 2.00 bits per heavy atom. The summed E-state index contributed by atoms with van der Waals surface area (Å²) in [7, 11) is 0. The van der Waals surface area contributed by atoms with Crippen molar-refractivity contribution in [3.05, 3.63) is 71.8 Å². The molecule has 0 bridgehead atoms. The highest BCUT2D eigenvalue weighted by Crippen LogP contribution is 2.39. The minimum atomic E-state index is -0.447. The van der Waals surface area contributed by atoms with Crippen LogP contribution in [0, 0.1) is 0 Å². The van der Waals surface area contributed by atoms with Gasteiger partial charge in [0.25, 0.3) is 0 Å². The topological polar surface area (TPSA) is 66.5 Å². The summed E-state index contributed by atoms with van der Waals surface area (Å²) in [5.74, 6) is -0.356. The summed E-state index contributed by atoms with van der Waals surface area (Å²) in [6, 6.07) is 19.9. The largest absolute Gasteiger partial charge is 0.463 e. The molecular weight excluding hydrogens is 360 g/mol. The number of carbonyl (C=O) groups is 1. The zero-order chi connectivity index (χ0) is 19.3. The van der Waals surface area contributed by atoms with Gasteiger partial charge in [-0.1, -0.05) is 60.7 Å². The molecule has 0 N–H and O–H groups in total. The molecule has 0 aromatic heterocycles. The lowest BCUT2D eigenvalue weighted by atomic mass is 10.0. The summed E-state index contributed by atoms with van der Waals surface area (Å²) in [6.07, 6.45) is -1.66. The van der Waals surface area contributed by atoms with E-state index in [0.29, 0.717) is 13.2 Å². The third-order valence-corrected chi connectivity index (χ3v) is 4.83. The number of fused-ring (bicyclic) bond motifs is 1. The standard InChI is InChI=1S/C22H24O6/c1-15(23)24-14-18-19(25-12-16-8-4-2-5-9-16)20(21-22(27-18)28-21)26-13-17-10-6-3-7-11-17/h2-11,18-22H,12-14H2,1H3/t18-,19+,20+,21+,22-/m1/s1. The van der Waals surface area contributed by atoms with Crippen molar-refractivity contribution >= 4 is 5.97 Å². The second kappa shape index (κ2) is 8.84. The van der Waals surface area contributed by atoms with E-state index in [2.05, 4.69) is 0 Å². The maximum atomic E-state index is 11.3. The molecule has 5 atom stereocenters. The van der Waals surface area contributed by atoms with Gasteiger partial charge in [0.15, 0.2) is 6.29 Å². The van der Waals surface area contributed by atoms with E-state index >= 15 is 0 Å². The maximum Gasteiger partial charge on any atom is 0.302 e. The lowest BCUT2D eigenvalue weighted by Crippen LogP contribution is -2.52. The number of carbonyl (C=O) groups excluding carboxylic acids is 1. The van der Waals surface area contributed by atoms with Gasteiger partial charge in [0.2, 0.25) is 0 Å². The first-order valence-electron chi connectivity index (χ1n) is 9.46. The van der Waals surface area contributed by atoms with Crippen molar-refractivity contribution in [2.24, 2.45) is 0 Å². The number of ether oxygens (including phenoxy) is 5. The van der Waals surface area contributed by atoms with Crippen LogP contribution in [0.2, 0.25) is 0 Å². The fraction of sp³-hybridized carbons (Fsp3) is 0.409. The molecule has 0 amide bonds. The number of epoxide rings is 1. The molecular formula is C22H24O6. The first-order chi connectivity index (χ1) is 13.7. The van der Waals surface area contributed by atoms with Crippen LogP contribution in [0.3, 0.4) is 0 Å². The van der Waals surface area contributed by atoms with Crippen LogP contribution in [0.4, 0.5) is 0 Å². The fourth-order valence-electron chi connectivity index (χ4n) is 3.36. The van der Waals surface area contributed by atoms with Gasteiger partial charge in [0.1, 0.15) is 31.0 Å². The summed E-state index contributed by atoms with van der Waals surface area (Å²) >= 11 is 0. The Hall–Kier alpha value is -2.25. The molecule has 2 aliphatic rings. The Morgan fingerprint density at radius 2 is 1.43 bits per heavy atom. The van der Waals surface area contributed by atoms with Gasteiger partial charge >= 0.3 is 5.97 Å². The van der Waals surface area contributed by atoms with E-state index < -0.39 is 12.2 Å². The predicted octanol–water partition coefficient (Wildman–Crippen LogP) is 2.84. The highest BCUT2D eigenvalue weighted by atomic mass is 16.8. The summed E-state index contributed by atoms with van der Waals surface area (Å²) in [5.41, 5.74) is 2.12. The molecule has 2 heterocycles. The van der Waals surface area contributed by atoms with E-state index in [0.717, 1.165) is 11.1 Å². The summed E-state index contributed by atoms with van der Waals surface area (Å²) < 4.78 is 29.1. The Kier molecular flexibility index (Phi) is 6.02. The summed E-state index contributed by atoms with van der Waals surface area (Å²) in [6.45, 7) is 2.34. The van der Waals surface area contributed by atoms with Crippen LogP contribution in [0.25, 0.3) is 0 Å². The molecule has 6 nitrogen and oxygen atoms in total. The molecule has 2 aliphatic heterocycles. The second-order valence-electron chi connectivity index (χ2n) is 6.97. The molecule has 0 spiro atoms. The van der Waals surface area contributed by atoms with Crippen LogP contribution in [0.1, 0.15) is 18.1 Å². The third-order valence-electron chi connectivity index (χ3n) is 4.83. The van der Waals surface area contributed by atoms with Crippen molar-refractivity contribution in [2.45, 2.75) is 50.8 Å². The minimum absolute atomic E-state index is 0.104. The first kappa shape index (κ1) is 19.1. The molecule has 28 heavy (non-hydrogen) atoms. The van der Waals surface area contributed by atoms with Crippen LogP contribution >= 0.6 is 0 Å². The second-order valence-corrected chi connectivity index (χ2v) is 6.97. The van der Waals surface area contributed by atoms with Crippen LogP contribution in [-0.2, 0) is 41.7 Å². The number of rotatable bonds is 8. The molecule has 2 aromatic carbocycles. The average molecular weight is 384 g/mol. The number of hydrogen-bond donors (Lipinski definition) is 0. The van der Waals surface area contributed by atoms with Gasteiger partial charge in [-0.3, -0.25) is 4.79 Å². The quantitative estimate of drug-likeness (QED) is 0.515. The monoisotopic (exact) mass is 384 g/mol. The molecule has 2 aromatic rings. The van der Waals surface area contributed by atoms with Crippen LogP contribution < -0.4 is 0 Å². The Morgan fingerprint density at radius 1 is 0.857 bits per heavy atom. The van der Waals surface area contributed by atoms with Crippen molar-refractivity contribution in [3.8, 4) is 0 Å². The molecule has 2 saturated heterocycles. The molecule has 0 radical (unpaired) electrons. The summed E-state index contributed by atoms with van der Waals surface area (Å²) in [4.78, 5) is 11.3. The SMILES string of the molecule is CC(=O)OC[C@H]1O[C@@H]2O[C@H]2[C@@H](OCc2ccccc2)[C@H]1OCc1ccccc1. The van der Waals surface area contributed by atoms with Crippen molar-refractivity contribution in [2.75, 3.05) is 6.61 Å². The van der Waals surface area contributed by atoms with E-state index in [1.165, 1.54) is 6.92 Å². The van der Waals surface area contributed by atoms with E-state index in [-0.39, 0.29) is 31.1 Å². The Balaban J connectivity index is 1.46. The first-order valence-corrected chi connectivity index (χ1v) is 9.46. The smallest absolute Gasteiger partial charge is 0.302 e. The Bertz CT molecular complexity index is 765. The summed E-state index contributed by atoms with van der Waals surface area (Å²) in [5, 5.41) is 0. The van der Waals surface area contributed by atoms with Gasteiger partial charge in [-0.25, -0.2) is 0 Å². The minimum Gasteiger partial charge on any atom is -0.463 e. The predicted molar refractivity (Wildman–Crippen MR) is 100 cm³/mol. The van der Waals surface area contributed by atoms with Gasteiger partial charge < -0.3 is 23.7 Å². The van der Waals surface area contributed by atoms with Crippen LogP contribution in [0.5, 0.6) is 0 Å². The lowest BCUT2D eigenvalue weighted by molar-refractivity contribution is -0.193. The highest BCUT2D eigenvalue weighted by Gasteiger charge is 2.58. The van der Waals surface area contributed by atoms with Crippen molar-refractivity contribution in [1.29, 1.82) is 0 Å². The molecule has 0 aliphatic carbocycles. The zero-order valence-corrected chi connectivity index (χ0v) is 15.7. The van der Waals surface area contributed by atoms with E-state index in [4.69, 9.17) is 23.7 Å². The number of esters is 1.